The second kappa shape index (κ2) is 3.69. The minimum atomic E-state index is -0.198. The molecule has 0 N–H and O–H groups in total. The Morgan fingerprint density at radius 3 is 2.93 bits per heavy atom. The molecule has 0 bridgehead atoms. The smallest absolute Gasteiger partial charge is 0.307 e. The Balaban J connectivity index is 2.16. The number of ether oxygens (including phenoxy) is 1. The zero-order valence-corrected chi connectivity index (χ0v) is 10.1. The van der Waals surface area contributed by atoms with Crippen LogP contribution in [0.5, 0.6) is 0 Å². The quantitative estimate of drug-likeness (QED) is 0.534. The number of hydrogen-bond donors (Lipinski definition) is 0. The SMILES string of the molecule is CC(=O)OC1=CC(C)C2CCC(Br)C12. The van der Waals surface area contributed by atoms with E-state index >= 15 is 0 Å². The average molecular weight is 259 g/mol. The van der Waals surface area contributed by atoms with Crippen molar-refractivity contribution in [2.45, 2.75) is 31.5 Å². The van der Waals surface area contributed by atoms with Gasteiger partial charge < -0.3 is 4.74 Å². The number of allylic oxidation sites excluding steroid dienone is 2. The maximum Gasteiger partial charge on any atom is 0.307 e. The van der Waals surface area contributed by atoms with E-state index in [2.05, 4.69) is 28.9 Å². The molecule has 0 aliphatic heterocycles. The molecule has 0 aromatic carbocycles. The van der Waals surface area contributed by atoms with Gasteiger partial charge in [-0.05, 0) is 30.8 Å². The van der Waals surface area contributed by atoms with Crippen LogP contribution in [-0.4, -0.2) is 10.8 Å². The Morgan fingerprint density at radius 2 is 2.29 bits per heavy atom. The van der Waals surface area contributed by atoms with Gasteiger partial charge in [0.05, 0.1) is 0 Å². The molecular formula is C11H15BrO2. The molecule has 78 valence electrons. The molecule has 0 radical (unpaired) electrons. The van der Waals surface area contributed by atoms with Crippen LogP contribution in [0.15, 0.2) is 11.8 Å². The summed E-state index contributed by atoms with van der Waals surface area (Å²) < 4.78 is 5.26. The van der Waals surface area contributed by atoms with Crippen LogP contribution in [0.4, 0.5) is 0 Å². The van der Waals surface area contributed by atoms with Gasteiger partial charge in [0.15, 0.2) is 0 Å². The summed E-state index contributed by atoms with van der Waals surface area (Å²) in [6.45, 7) is 3.68. The Labute approximate surface area is 92.8 Å². The normalized spacial score (nSPS) is 40.6. The van der Waals surface area contributed by atoms with Gasteiger partial charge >= 0.3 is 5.97 Å². The molecule has 14 heavy (non-hydrogen) atoms. The minimum Gasteiger partial charge on any atom is -0.431 e. The van der Waals surface area contributed by atoms with Gasteiger partial charge in [0.25, 0.3) is 0 Å². The summed E-state index contributed by atoms with van der Waals surface area (Å²) in [5.41, 5.74) is 0. The molecule has 1 fully saturated rings. The summed E-state index contributed by atoms with van der Waals surface area (Å²) in [6, 6.07) is 0. The van der Waals surface area contributed by atoms with Crippen molar-refractivity contribution in [1.82, 2.24) is 0 Å². The lowest BCUT2D eigenvalue weighted by atomic mass is 9.92. The number of carbonyl (C=O) groups excluding carboxylic acids is 1. The molecule has 2 aliphatic carbocycles. The number of alkyl halides is 1. The first-order valence-electron chi connectivity index (χ1n) is 5.14. The lowest BCUT2D eigenvalue weighted by Gasteiger charge is -2.18. The predicted octanol–water partition coefficient (Wildman–Crippen LogP) is 2.87. The van der Waals surface area contributed by atoms with Crippen molar-refractivity contribution in [1.29, 1.82) is 0 Å². The van der Waals surface area contributed by atoms with Crippen molar-refractivity contribution in [2.24, 2.45) is 17.8 Å². The van der Waals surface area contributed by atoms with Gasteiger partial charge in [-0.15, -0.1) is 0 Å². The molecular weight excluding hydrogens is 244 g/mol. The largest absolute Gasteiger partial charge is 0.431 e. The molecule has 0 aromatic heterocycles. The van der Waals surface area contributed by atoms with Gasteiger partial charge in [-0.25, -0.2) is 0 Å². The average Bonchev–Trinajstić information content (AvgIpc) is 2.56. The van der Waals surface area contributed by atoms with Crippen molar-refractivity contribution in [3.63, 3.8) is 0 Å². The predicted molar refractivity (Wildman–Crippen MR) is 57.9 cm³/mol. The van der Waals surface area contributed by atoms with E-state index in [1.807, 2.05) is 0 Å². The highest BCUT2D eigenvalue weighted by atomic mass is 79.9. The van der Waals surface area contributed by atoms with Gasteiger partial charge in [0.1, 0.15) is 5.76 Å². The number of esters is 1. The van der Waals surface area contributed by atoms with Gasteiger partial charge in [0, 0.05) is 17.7 Å². The van der Waals surface area contributed by atoms with E-state index in [-0.39, 0.29) is 5.97 Å². The van der Waals surface area contributed by atoms with Crippen LogP contribution >= 0.6 is 15.9 Å². The molecule has 0 saturated heterocycles. The fourth-order valence-electron chi connectivity index (χ4n) is 2.72. The summed E-state index contributed by atoms with van der Waals surface area (Å²) in [7, 11) is 0. The standard InChI is InChI=1S/C11H15BrO2/c1-6-5-10(14-7(2)13)11-8(6)3-4-9(11)12/h5-6,8-9,11H,3-4H2,1-2H3. The first-order chi connectivity index (χ1) is 6.59. The van der Waals surface area contributed by atoms with Crippen LogP contribution in [0.1, 0.15) is 26.7 Å². The van der Waals surface area contributed by atoms with E-state index in [1.54, 1.807) is 0 Å². The van der Waals surface area contributed by atoms with Crippen molar-refractivity contribution in [3.8, 4) is 0 Å². The van der Waals surface area contributed by atoms with E-state index in [0.717, 1.165) is 5.76 Å². The zero-order valence-electron chi connectivity index (χ0n) is 8.50. The number of fused-ring (bicyclic) bond motifs is 1. The Kier molecular flexibility index (Phi) is 2.69. The maximum atomic E-state index is 10.9. The molecule has 3 heteroatoms. The third-order valence-corrected chi connectivity index (χ3v) is 4.35. The summed E-state index contributed by atoms with van der Waals surface area (Å²) in [6.07, 6.45) is 4.55. The molecule has 4 unspecified atom stereocenters. The summed E-state index contributed by atoms with van der Waals surface area (Å²) in [4.78, 5) is 11.4. The van der Waals surface area contributed by atoms with Gasteiger partial charge in [-0.3, -0.25) is 4.79 Å². The monoisotopic (exact) mass is 258 g/mol. The summed E-state index contributed by atoms with van der Waals surface area (Å²) >= 11 is 3.67. The zero-order chi connectivity index (χ0) is 10.3. The van der Waals surface area contributed by atoms with Crippen LogP contribution in [0.2, 0.25) is 0 Å². The van der Waals surface area contributed by atoms with Crippen LogP contribution in [0, 0.1) is 17.8 Å². The fourth-order valence-corrected chi connectivity index (χ4v) is 3.64. The molecule has 0 spiro atoms. The molecule has 0 amide bonds. The van der Waals surface area contributed by atoms with Crippen molar-refractivity contribution in [3.05, 3.63) is 11.8 Å². The first-order valence-corrected chi connectivity index (χ1v) is 6.05. The van der Waals surface area contributed by atoms with E-state index in [9.17, 15) is 4.79 Å². The van der Waals surface area contributed by atoms with Gasteiger partial charge in [0.2, 0.25) is 0 Å². The lowest BCUT2D eigenvalue weighted by Crippen LogP contribution is -2.17. The lowest BCUT2D eigenvalue weighted by molar-refractivity contribution is -0.137. The van der Waals surface area contributed by atoms with E-state index in [4.69, 9.17) is 4.74 Å². The minimum absolute atomic E-state index is 0.198. The number of carbonyl (C=O) groups is 1. The molecule has 4 atom stereocenters. The van der Waals surface area contributed by atoms with Crippen molar-refractivity contribution >= 4 is 21.9 Å². The molecule has 1 saturated carbocycles. The Bertz CT molecular complexity index is 285. The maximum absolute atomic E-state index is 10.9. The highest BCUT2D eigenvalue weighted by Gasteiger charge is 2.44. The summed E-state index contributed by atoms with van der Waals surface area (Å²) in [5, 5.41) is 0. The van der Waals surface area contributed by atoms with Gasteiger partial charge in [-0.2, -0.15) is 0 Å². The third kappa shape index (κ3) is 1.62. The number of halogens is 1. The Hall–Kier alpha value is -0.310. The highest BCUT2D eigenvalue weighted by Crippen LogP contribution is 2.50. The molecule has 2 nitrogen and oxygen atoms in total. The van der Waals surface area contributed by atoms with E-state index in [0.29, 0.717) is 22.6 Å². The second-order valence-electron chi connectivity index (χ2n) is 4.30. The van der Waals surface area contributed by atoms with Gasteiger partial charge in [-0.1, -0.05) is 22.9 Å². The number of hydrogen-bond acceptors (Lipinski definition) is 2. The Morgan fingerprint density at radius 1 is 1.57 bits per heavy atom. The van der Waals surface area contributed by atoms with Crippen LogP contribution in [0.3, 0.4) is 0 Å². The second-order valence-corrected chi connectivity index (χ2v) is 5.48. The molecule has 2 aliphatic rings. The van der Waals surface area contributed by atoms with Crippen molar-refractivity contribution in [2.75, 3.05) is 0 Å². The topological polar surface area (TPSA) is 26.3 Å². The van der Waals surface area contributed by atoms with Crippen molar-refractivity contribution < 1.29 is 9.53 Å². The third-order valence-electron chi connectivity index (χ3n) is 3.32. The highest BCUT2D eigenvalue weighted by molar-refractivity contribution is 9.09. The molecule has 0 heterocycles. The molecule has 2 rings (SSSR count). The van der Waals surface area contributed by atoms with E-state index < -0.39 is 0 Å². The number of rotatable bonds is 1. The van der Waals surface area contributed by atoms with Crippen LogP contribution in [0.25, 0.3) is 0 Å². The first kappa shape index (κ1) is 10.2. The van der Waals surface area contributed by atoms with Crippen LogP contribution < -0.4 is 0 Å². The van der Waals surface area contributed by atoms with E-state index in [1.165, 1.54) is 19.8 Å². The fraction of sp³-hybridized carbons (Fsp3) is 0.727. The van der Waals surface area contributed by atoms with Crippen LogP contribution in [-0.2, 0) is 9.53 Å². The molecule has 0 aromatic rings. The summed E-state index contributed by atoms with van der Waals surface area (Å²) in [5.74, 6) is 2.35.